The summed E-state index contributed by atoms with van der Waals surface area (Å²) in [7, 11) is -1.83. The van der Waals surface area contributed by atoms with E-state index in [0.29, 0.717) is 18.7 Å². The van der Waals surface area contributed by atoms with Crippen LogP contribution in [-0.2, 0) is 23.0 Å². The van der Waals surface area contributed by atoms with E-state index in [1.165, 1.54) is 6.07 Å². The molecular weight excluding hydrogens is 278 g/mol. The molecule has 2 aromatic rings. The van der Waals surface area contributed by atoms with Crippen molar-refractivity contribution in [1.29, 1.82) is 0 Å². The fraction of sp³-hybridized carbons (Fsp3) is 0.308. The Labute approximate surface area is 118 Å². The lowest BCUT2D eigenvalue weighted by Crippen LogP contribution is -2.25. The first-order valence-corrected chi connectivity index (χ1v) is 7.73. The van der Waals surface area contributed by atoms with E-state index in [9.17, 15) is 8.42 Å². The molecule has 2 aromatic heterocycles. The first kappa shape index (κ1) is 14.7. The molecule has 0 aliphatic rings. The van der Waals surface area contributed by atoms with E-state index in [-0.39, 0.29) is 11.6 Å². The van der Waals surface area contributed by atoms with Gasteiger partial charge in [-0.05, 0) is 31.3 Å². The van der Waals surface area contributed by atoms with Crippen molar-refractivity contribution in [2.24, 2.45) is 0 Å². The SMILES string of the molecule is CNCc1ccc(S(=O)(=O)NCCc2ccccn2)o1. The van der Waals surface area contributed by atoms with Gasteiger partial charge in [0.05, 0.1) is 6.54 Å². The minimum absolute atomic E-state index is 0.0660. The molecule has 2 N–H and O–H groups in total. The summed E-state index contributed by atoms with van der Waals surface area (Å²) in [6.45, 7) is 0.769. The van der Waals surface area contributed by atoms with Crippen LogP contribution in [0, 0.1) is 0 Å². The Bertz CT molecular complexity index is 638. The predicted molar refractivity (Wildman–Crippen MR) is 74.6 cm³/mol. The molecule has 0 amide bonds. The number of rotatable bonds is 7. The molecule has 0 aliphatic heterocycles. The number of hydrogen-bond donors (Lipinski definition) is 2. The minimum Gasteiger partial charge on any atom is -0.447 e. The monoisotopic (exact) mass is 295 g/mol. The highest BCUT2D eigenvalue weighted by molar-refractivity contribution is 7.89. The van der Waals surface area contributed by atoms with Crippen molar-refractivity contribution in [3.8, 4) is 0 Å². The molecule has 0 bridgehead atoms. The average Bonchev–Trinajstić information content (AvgIpc) is 2.90. The first-order chi connectivity index (χ1) is 9.62. The number of hydrogen-bond acceptors (Lipinski definition) is 5. The van der Waals surface area contributed by atoms with Crippen molar-refractivity contribution in [3.05, 3.63) is 48.0 Å². The van der Waals surface area contributed by atoms with Gasteiger partial charge in [0.25, 0.3) is 10.0 Å². The molecule has 0 aromatic carbocycles. The molecule has 108 valence electrons. The summed E-state index contributed by atoms with van der Waals surface area (Å²) in [5.41, 5.74) is 0.838. The molecule has 2 heterocycles. The van der Waals surface area contributed by atoms with E-state index in [1.54, 1.807) is 19.3 Å². The Morgan fingerprint density at radius 2 is 2.10 bits per heavy atom. The van der Waals surface area contributed by atoms with Gasteiger partial charge in [-0.2, -0.15) is 0 Å². The number of sulfonamides is 1. The van der Waals surface area contributed by atoms with Gasteiger partial charge < -0.3 is 9.73 Å². The van der Waals surface area contributed by atoms with Gasteiger partial charge in [0.1, 0.15) is 5.76 Å². The van der Waals surface area contributed by atoms with Crippen LogP contribution in [-0.4, -0.2) is 27.0 Å². The van der Waals surface area contributed by atoms with Crippen LogP contribution in [0.3, 0.4) is 0 Å². The van der Waals surface area contributed by atoms with Crippen molar-refractivity contribution in [3.63, 3.8) is 0 Å². The van der Waals surface area contributed by atoms with Gasteiger partial charge in [-0.15, -0.1) is 0 Å². The number of nitrogens with zero attached hydrogens (tertiary/aromatic N) is 1. The van der Waals surface area contributed by atoms with Gasteiger partial charge in [-0.3, -0.25) is 4.98 Å². The summed E-state index contributed by atoms with van der Waals surface area (Å²) < 4.78 is 31.7. The quantitative estimate of drug-likeness (QED) is 0.793. The van der Waals surface area contributed by atoms with Crippen LogP contribution in [0.5, 0.6) is 0 Å². The molecule has 6 nitrogen and oxygen atoms in total. The van der Waals surface area contributed by atoms with Crippen molar-refractivity contribution >= 4 is 10.0 Å². The molecule has 0 radical (unpaired) electrons. The van der Waals surface area contributed by atoms with Crippen LogP contribution in [0.15, 0.2) is 46.0 Å². The molecule has 20 heavy (non-hydrogen) atoms. The van der Waals surface area contributed by atoms with E-state index in [4.69, 9.17) is 4.42 Å². The topological polar surface area (TPSA) is 84.2 Å². The summed E-state index contributed by atoms with van der Waals surface area (Å²) in [6, 6.07) is 8.64. The van der Waals surface area contributed by atoms with Crippen molar-refractivity contribution in [2.75, 3.05) is 13.6 Å². The van der Waals surface area contributed by atoms with Gasteiger partial charge in [-0.1, -0.05) is 6.07 Å². The maximum Gasteiger partial charge on any atom is 0.273 e. The lowest BCUT2D eigenvalue weighted by Gasteiger charge is -2.04. The third kappa shape index (κ3) is 3.89. The Balaban J connectivity index is 1.93. The van der Waals surface area contributed by atoms with Gasteiger partial charge in [-0.25, -0.2) is 13.1 Å². The molecular formula is C13H17N3O3S. The third-order valence-corrected chi connectivity index (χ3v) is 3.99. The maximum absolute atomic E-state index is 12.0. The lowest BCUT2D eigenvalue weighted by atomic mass is 10.3. The highest BCUT2D eigenvalue weighted by atomic mass is 32.2. The van der Waals surface area contributed by atoms with Crippen molar-refractivity contribution < 1.29 is 12.8 Å². The smallest absolute Gasteiger partial charge is 0.273 e. The first-order valence-electron chi connectivity index (χ1n) is 6.25. The summed E-state index contributed by atoms with van der Waals surface area (Å²) in [5, 5.41) is 2.83. The number of aromatic nitrogens is 1. The van der Waals surface area contributed by atoms with E-state index in [0.717, 1.165) is 5.69 Å². The Kier molecular flexibility index (Phi) is 4.89. The van der Waals surface area contributed by atoms with Crippen LogP contribution in [0.1, 0.15) is 11.5 Å². The highest BCUT2D eigenvalue weighted by Gasteiger charge is 2.18. The lowest BCUT2D eigenvalue weighted by molar-refractivity contribution is 0.404. The van der Waals surface area contributed by atoms with Crippen LogP contribution < -0.4 is 10.0 Å². The minimum atomic E-state index is -3.60. The maximum atomic E-state index is 12.0. The average molecular weight is 295 g/mol. The second-order valence-corrected chi connectivity index (χ2v) is 5.92. The fourth-order valence-electron chi connectivity index (χ4n) is 1.70. The Hall–Kier alpha value is -1.70. The summed E-state index contributed by atoms with van der Waals surface area (Å²) in [6.07, 6.45) is 2.21. The largest absolute Gasteiger partial charge is 0.447 e. The molecule has 7 heteroatoms. The predicted octanol–water partition coefficient (Wildman–Crippen LogP) is 0.915. The molecule has 0 saturated heterocycles. The second-order valence-electron chi connectivity index (χ2n) is 4.22. The zero-order chi connectivity index (χ0) is 14.4. The molecule has 0 saturated carbocycles. The fourth-order valence-corrected chi connectivity index (χ4v) is 2.68. The molecule has 0 fully saturated rings. The van der Waals surface area contributed by atoms with Crippen LogP contribution in [0.2, 0.25) is 0 Å². The van der Waals surface area contributed by atoms with Crippen molar-refractivity contribution in [1.82, 2.24) is 15.0 Å². The molecule has 2 rings (SSSR count). The Morgan fingerprint density at radius 1 is 1.25 bits per heavy atom. The van der Waals surface area contributed by atoms with Gasteiger partial charge >= 0.3 is 0 Å². The second kappa shape index (κ2) is 6.65. The van der Waals surface area contributed by atoms with E-state index >= 15 is 0 Å². The van der Waals surface area contributed by atoms with Crippen LogP contribution in [0.4, 0.5) is 0 Å². The van der Waals surface area contributed by atoms with E-state index in [1.807, 2.05) is 18.2 Å². The molecule has 0 unspecified atom stereocenters. The zero-order valence-electron chi connectivity index (χ0n) is 11.2. The van der Waals surface area contributed by atoms with Crippen LogP contribution >= 0.6 is 0 Å². The van der Waals surface area contributed by atoms with Gasteiger partial charge in [0.2, 0.25) is 5.09 Å². The third-order valence-electron chi connectivity index (χ3n) is 2.65. The van der Waals surface area contributed by atoms with E-state index in [2.05, 4.69) is 15.0 Å². The standard InChI is InChI=1S/C13H17N3O3S/c1-14-10-12-5-6-13(19-12)20(17,18)16-9-7-11-4-2-3-8-15-11/h2-6,8,14,16H,7,9-10H2,1H3. The highest BCUT2D eigenvalue weighted by Crippen LogP contribution is 2.13. The normalized spacial score (nSPS) is 11.7. The van der Waals surface area contributed by atoms with Gasteiger partial charge in [0.15, 0.2) is 0 Å². The Morgan fingerprint density at radius 3 is 2.80 bits per heavy atom. The summed E-state index contributed by atoms with van der Waals surface area (Å²) >= 11 is 0. The summed E-state index contributed by atoms with van der Waals surface area (Å²) in [5.74, 6) is 0.581. The number of furan rings is 1. The zero-order valence-corrected chi connectivity index (χ0v) is 12.0. The van der Waals surface area contributed by atoms with Crippen molar-refractivity contribution in [2.45, 2.75) is 18.1 Å². The molecule has 0 spiro atoms. The van der Waals surface area contributed by atoms with Gasteiger partial charge in [0, 0.05) is 24.9 Å². The van der Waals surface area contributed by atoms with Crippen LogP contribution in [0.25, 0.3) is 0 Å². The molecule has 0 aliphatic carbocycles. The van der Waals surface area contributed by atoms with E-state index < -0.39 is 10.0 Å². The summed E-state index contributed by atoms with van der Waals surface area (Å²) in [4.78, 5) is 4.13. The number of pyridine rings is 1. The number of nitrogens with one attached hydrogen (secondary N) is 2. The molecule has 0 atom stereocenters.